The summed E-state index contributed by atoms with van der Waals surface area (Å²) < 4.78 is 0. The molecule has 1 aliphatic rings. The van der Waals surface area contributed by atoms with Crippen LogP contribution in [-0.2, 0) is 6.42 Å². The van der Waals surface area contributed by atoms with Crippen LogP contribution in [0.2, 0.25) is 5.02 Å². The zero-order chi connectivity index (χ0) is 15.6. The van der Waals surface area contributed by atoms with Gasteiger partial charge in [0.25, 0.3) is 0 Å². The van der Waals surface area contributed by atoms with Gasteiger partial charge in [0.2, 0.25) is 0 Å². The summed E-state index contributed by atoms with van der Waals surface area (Å²) in [5.74, 6) is 0. The van der Waals surface area contributed by atoms with Crippen molar-refractivity contribution in [2.24, 2.45) is 5.73 Å². The first-order valence-corrected chi connectivity index (χ1v) is 8.15. The van der Waals surface area contributed by atoms with Gasteiger partial charge in [-0.2, -0.15) is 0 Å². The SMILES string of the molecule is CC(N)Cc1cccc(Cl)c1N(C)CC1(N(C)C)CCC1. The van der Waals surface area contributed by atoms with E-state index in [9.17, 15) is 0 Å². The number of benzene rings is 1. The van der Waals surface area contributed by atoms with E-state index in [0.29, 0.717) is 5.54 Å². The van der Waals surface area contributed by atoms with Gasteiger partial charge in [0.1, 0.15) is 0 Å². The Labute approximate surface area is 134 Å². The minimum Gasteiger partial charge on any atom is -0.371 e. The summed E-state index contributed by atoms with van der Waals surface area (Å²) in [6.45, 7) is 3.05. The molecule has 1 aliphatic carbocycles. The number of nitrogens with zero attached hydrogens (tertiary/aromatic N) is 2. The third-order valence-electron chi connectivity index (χ3n) is 4.76. The van der Waals surface area contributed by atoms with Crippen LogP contribution in [0.3, 0.4) is 0 Å². The lowest BCUT2D eigenvalue weighted by molar-refractivity contribution is 0.0683. The van der Waals surface area contributed by atoms with Crippen LogP contribution in [-0.4, -0.2) is 44.2 Å². The number of para-hydroxylation sites is 1. The number of hydrogen-bond donors (Lipinski definition) is 1. The summed E-state index contributed by atoms with van der Waals surface area (Å²) in [5, 5.41) is 0.823. The predicted octanol–water partition coefficient (Wildman–Crippen LogP) is 3.15. The normalized spacial score (nSPS) is 18.4. The van der Waals surface area contributed by atoms with E-state index in [-0.39, 0.29) is 6.04 Å². The van der Waals surface area contributed by atoms with E-state index in [4.69, 9.17) is 17.3 Å². The maximum absolute atomic E-state index is 6.48. The molecule has 1 aromatic rings. The van der Waals surface area contributed by atoms with Gasteiger partial charge in [-0.1, -0.05) is 23.7 Å². The van der Waals surface area contributed by atoms with Crippen molar-refractivity contribution in [1.29, 1.82) is 0 Å². The summed E-state index contributed by atoms with van der Waals surface area (Å²) in [6, 6.07) is 6.27. The summed E-state index contributed by atoms with van der Waals surface area (Å²) in [7, 11) is 6.51. The first-order chi connectivity index (χ1) is 9.85. The molecule has 1 aromatic carbocycles. The molecule has 1 unspecified atom stereocenters. The summed E-state index contributed by atoms with van der Waals surface area (Å²) >= 11 is 6.48. The zero-order valence-corrected chi connectivity index (χ0v) is 14.5. The van der Waals surface area contributed by atoms with Crippen LogP contribution in [0, 0.1) is 0 Å². The fourth-order valence-electron chi connectivity index (χ4n) is 3.35. The number of anilines is 1. The summed E-state index contributed by atoms with van der Waals surface area (Å²) in [6.07, 6.45) is 4.70. The van der Waals surface area contributed by atoms with Crippen LogP contribution in [0.1, 0.15) is 31.7 Å². The Hall–Kier alpha value is -0.770. The second-order valence-electron chi connectivity index (χ2n) is 6.76. The van der Waals surface area contributed by atoms with E-state index >= 15 is 0 Å². The molecule has 1 atom stereocenters. The Morgan fingerprint density at radius 2 is 1.95 bits per heavy atom. The quantitative estimate of drug-likeness (QED) is 0.876. The summed E-state index contributed by atoms with van der Waals surface area (Å²) in [5.41, 5.74) is 8.66. The van der Waals surface area contributed by atoms with Gasteiger partial charge in [-0.05, 0) is 58.3 Å². The Kier molecular flexibility index (Phi) is 5.18. The smallest absolute Gasteiger partial charge is 0.0642 e. The molecule has 0 aromatic heterocycles. The second-order valence-corrected chi connectivity index (χ2v) is 7.16. The largest absolute Gasteiger partial charge is 0.371 e. The van der Waals surface area contributed by atoms with Crippen LogP contribution in [0.15, 0.2) is 18.2 Å². The molecule has 0 saturated heterocycles. The average Bonchev–Trinajstić information content (AvgIpc) is 2.32. The fourth-order valence-corrected chi connectivity index (χ4v) is 3.69. The molecular formula is C17H28ClN3. The number of likely N-dealkylation sites (N-methyl/N-ethyl adjacent to an activating group) is 2. The molecule has 0 bridgehead atoms. The van der Waals surface area contributed by atoms with Crippen molar-refractivity contribution in [2.45, 2.75) is 44.2 Å². The lowest BCUT2D eigenvalue weighted by atomic mass is 9.75. The number of nitrogens with two attached hydrogens (primary N) is 1. The molecule has 0 spiro atoms. The van der Waals surface area contributed by atoms with Crippen molar-refractivity contribution in [1.82, 2.24) is 4.90 Å². The molecule has 21 heavy (non-hydrogen) atoms. The van der Waals surface area contributed by atoms with Gasteiger partial charge in [0, 0.05) is 25.2 Å². The third kappa shape index (κ3) is 3.53. The molecule has 0 aliphatic heterocycles. The molecule has 4 heteroatoms. The van der Waals surface area contributed by atoms with Gasteiger partial charge in [-0.25, -0.2) is 0 Å². The molecular weight excluding hydrogens is 282 g/mol. The van der Waals surface area contributed by atoms with Crippen LogP contribution >= 0.6 is 11.6 Å². The van der Waals surface area contributed by atoms with Crippen molar-refractivity contribution >= 4 is 17.3 Å². The van der Waals surface area contributed by atoms with Crippen LogP contribution < -0.4 is 10.6 Å². The lowest BCUT2D eigenvalue weighted by Crippen LogP contribution is -2.56. The lowest BCUT2D eigenvalue weighted by Gasteiger charge is -2.49. The van der Waals surface area contributed by atoms with E-state index in [1.54, 1.807) is 0 Å². The Balaban J connectivity index is 2.24. The van der Waals surface area contributed by atoms with Crippen LogP contribution in [0.4, 0.5) is 5.69 Å². The highest BCUT2D eigenvalue weighted by atomic mass is 35.5. The monoisotopic (exact) mass is 309 g/mol. The maximum Gasteiger partial charge on any atom is 0.0642 e. The van der Waals surface area contributed by atoms with Crippen molar-refractivity contribution in [3.63, 3.8) is 0 Å². The highest BCUT2D eigenvalue weighted by Crippen LogP contribution is 2.39. The van der Waals surface area contributed by atoms with Crippen molar-refractivity contribution in [2.75, 3.05) is 32.6 Å². The minimum absolute atomic E-state index is 0.141. The Morgan fingerprint density at radius 1 is 1.29 bits per heavy atom. The van der Waals surface area contributed by atoms with Crippen LogP contribution in [0.25, 0.3) is 0 Å². The molecule has 0 heterocycles. The highest BCUT2D eigenvalue weighted by molar-refractivity contribution is 6.33. The summed E-state index contributed by atoms with van der Waals surface area (Å²) in [4.78, 5) is 4.69. The topological polar surface area (TPSA) is 32.5 Å². The predicted molar refractivity (Wildman–Crippen MR) is 92.3 cm³/mol. The van der Waals surface area contributed by atoms with Gasteiger partial charge in [0.05, 0.1) is 10.7 Å². The van der Waals surface area contributed by atoms with Gasteiger partial charge in [-0.3, -0.25) is 0 Å². The second kappa shape index (κ2) is 6.55. The number of halogens is 1. The molecule has 1 fully saturated rings. The van der Waals surface area contributed by atoms with Crippen molar-refractivity contribution in [3.05, 3.63) is 28.8 Å². The zero-order valence-electron chi connectivity index (χ0n) is 13.7. The Bertz CT molecular complexity index is 481. The van der Waals surface area contributed by atoms with E-state index < -0.39 is 0 Å². The first kappa shape index (κ1) is 16.6. The maximum atomic E-state index is 6.48. The van der Waals surface area contributed by atoms with E-state index in [0.717, 1.165) is 23.7 Å². The van der Waals surface area contributed by atoms with Gasteiger partial charge in [0.15, 0.2) is 0 Å². The van der Waals surface area contributed by atoms with E-state index in [1.807, 2.05) is 19.1 Å². The van der Waals surface area contributed by atoms with E-state index in [1.165, 1.54) is 24.8 Å². The molecule has 118 valence electrons. The first-order valence-electron chi connectivity index (χ1n) is 7.77. The average molecular weight is 310 g/mol. The molecule has 0 amide bonds. The van der Waals surface area contributed by atoms with E-state index in [2.05, 4.69) is 37.0 Å². The number of rotatable bonds is 6. The van der Waals surface area contributed by atoms with Crippen LogP contribution in [0.5, 0.6) is 0 Å². The molecule has 0 radical (unpaired) electrons. The highest BCUT2D eigenvalue weighted by Gasteiger charge is 2.40. The molecule has 2 rings (SSSR count). The molecule has 2 N–H and O–H groups in total. The minimum atomic E-state index is 0.141. The van der Waals surface area contributed by atoms with Gasteiger partial charge < -0.3 is 15.5 Å². The van der Waals surface area contributed by atoms with Crippen molar-refractivity contribution in [3.8, 4) is 0 Å². The standard InChI is InChI=1S/C17H28ClN3/c1-13(19)11-14-7-5-8-15(18)16(14)21(4)12-17(20(2)3)9-6-10-17/h5,7-8,13H,6,9-12,19H2,1-4H3. The van der Waals surface area contributed by atoms with Gasteiger partial charge in [-0.15, -0.1) is 0 Å². The van der Waals surface area contributed by atoms with Crippen molar-refractivity contribution < 1.29 is 0 Å². The van der Waals surface area contributed by atoms with Gasteiger partial charge >= 0.3 is 0 Å². The molecule has 3 nitrogen and oxygen atoms in total. The fraction of sp³-hybridized carbons (Fsp3) is 0.647. The Morgan fingerprint density at radius 3 is 2.43 bits per heavy atom. The third-order valence-corrected chi connectivity index (χ3v) is 5.06. The number of hydrogen-bond acceptors (Lipinski definition) is 3. The molecule has 1 saturated carbocycles.